The number of hydrogen-bond donors (Lipinski definition) is 2. The molecule has 0 amide bonds. The number of aliphatic hydroxyl groups is 1. The molecule has 2 heterocycles. The number of hydrogen-bond acceptors (Lipinski definition) is 5. The Labute approximate surface area is 187 Å². The van der Waals surface area contributed by atoms with Crippen LogP contribution in [0.2, 0.25) is 0 Å². The molecule has 162 valence electrons. The summed E-state index contributed by atoms with van der Waals surface area (Å²) in [6, 6.07) is 21.7. The van der Waals surface area contributed by atoms with Gasteiger partial charge in [0.25, 0.3) is 0 Å². The molecule has 3 aromatic rings. The average molecular weight is 428 g/mol. The van der Waals surface area contributed by atoms with Crippen molar-refractivity contribution in [1.82, 2.24) is 0 Å². The average Bonchev–Trinajstić information content (AvgIpc) is 2.82. The summed E-state index contributed by atoms with van der Waals surface area (Å²) in [4.78, 5) is 0. The summed E-state index contributed by atoms with van der Waals surface area (Å²) >= 11 is 0. The number of rotatable bonds is 3. The lowest BCUT2D eigenvalue weighted by molar-refractivity contribution is 0.168. The number of fused-ring (bicyclic) bond motifs is 2. The molecule has 0 radical (unpaired) electrons. The molecule has 0 bridgehead atoms. The number of nitrogens with two attached hydrogens (primary N) is 1. The molecule has 0 saturated heterocycles. The molecule has 32 heavy (non-hydrogen) atoms. The van der Waals surface area contributed by atoms with Gasteiger partial charge in [0.05, 0.1) is 0 Å². The predicted octanol–water partition coefficient (Wildman–Crippen LogP) is 4.79. The normalized spacial score (nSPS) is 20.8. The summed E-state index contributed by atoms with van der Waals surface area (Å²) in [5.74, 6) is 2.49. The van der Waals surface area contributed by atoms with Crippen LogP contribution in [0.25, 0.3) is 11.3 Å². The molecule has 5 heteroatoms. The Morgan fingerprint density at radius 2 is 1.50 bits per heavy atom. The highest BCUT2D eigenvalue weighted by atomic mass is 16.6. The Hall–Kier alpha value is -3.28. The summed E-state index contributed by atoms with van der Waals surface area (Å²) in [7, 11) is 0. The molecule has 6 rings (SSSR count). The van der Waals surface area contributed by atoms with E-state index in [-0.39, 0.29) is 5.54 Å². The fourth-order valence-corrected chi connectivity index (χ4v) is 4.75. The molecule has 1 saturated carbocycles. The predicted molar refractivity (Wildman–Crippen MR) is 122 cm³/mol. The molecular weight excluding hydrogens is 402 g/mol. The minimum absolute atomic E-state index is 0.222. The van der Waals surface area contributed by atoms with Gasteiger partial charge in [0.15, 0.2) is 11.5 Å². The van der Waals surface area contributed by atoms with Crippen molar-refractivity contribution in [3.05, 3.63) is 89.0 Å². The van der Waals surface area contributed by atoms with Crippen LogP contribution in [-0.4, -0.2) is 18.3 Å². The Morgan fingerprint density at radius 1 is 0.812 bits per heavy atom. The van der Waals surface area contributed by atoms with Gasteiger partial charge in [-0.1, -0.05) is 54.6 Å². The highest BCUT2D eigenvalue weighted by Gasteiger charge is 2.35. The highest BCUT2D eigenvalue weighted by Crippen LogP contribution is 2.49. The molecular formula is C27H25NO4. The molecule has 3 N–H and O–H groups in total. The summed E-state index contributed by atoms with van der Waals surface area (Å²) in [6.45, 7) is 0.985. The van der Waals surface area contributed by atoms with Gasteiger partial charge in [-0.2, -0.15) is 0 Å². The Morgan fingerprint density at radius 3 is 2.16 bits per heavy atom. The quantitative estimate of drug-likeness (QED) is 0.629. The number of benzene rings is 3. The summed E-state index contributed by atoms with van der Waals surface area (Å²) in [6.07, 6.45) is 2.32. The molecule has 1 unspecified atom stereocenters. The monoisotopic (exact) mass is 427 g/mol. The Balaban J connectivity index is 1.48. The maximum absolute atomic E-state index is 11.5. The van der Waals surface area contributed by atoms with E-state index in [2.05, 4.69) is 12.1 Å². The molecule has 1 fully saturated rings. The number of ether oxygens (including phenoxy) is 3. The van der Waals surface area contributed by atoms with Crippen LogP contribution in [0.15, 0.2) is 66.7 Å². The molecule has 3 aromatic carbocycles. The Bertz CT molecular complexity index is 1200. The van der Waals surface area contributed by atoms with Crippen molar-refractivity contribution in [3.63, 3.8) is 0 Å². The third-order valence-corrected chi connectivity index (χ3v) is 6.75. The SMILES string of the molecule is NC1(c2ccc(C3=C(c4ccccc4)Oc4cc5c(cc4C3O)OCCO5)cc2)CCC1. The van der Waals surface area contributed by atoms with Gasteiger partial charge in [0.1, 0.15) is 30.8 Å². The summed E-state index contributed by atoms with van der Waals surface area (Å²) in [5.41, 5.74) is 10.6. The van der Waals surface area contributed by atoms with E-state index in [4.69, 9.17) is 19.9 Å². The largest absolute Gasteiger partial charge is 0.486 e. The van der Waals surface area contributed by atoms with E-state index in [1.807, 2.05) is 54.6 Å². The second-order valence-corrected chi connectivity index (χ2v) is 8.73. The molecule has 3 aliphatic rings. The van der Waals surface area contributed by atoms with Crippen molar-refractivity contribution in [2.75, 3.05) is 13.2 Å². The standard InChI is InChI=1S/C27H25NO4/c28-27(11-4-12-27)19-9-7-17(8-10-19)24-25(29)20-15-22-23(31-14-13-30-22)16-21(20)32-26(24)18-5-2-1-3-6-18/h1-3,5-10,15-16,25,29H,4,11-14,28H2. The maximum Gasteiger partial charge on any atom is 0.165 e. The van der Waals surface area contributed by atoms with E-state index in [1.54, 1.807) is 0 Å². The molecule has 1 atom stereocenters. The molecule has 0 aromatic heterocycles. The minimum atomic E-state index is -0.869. The van der Waals surface area contributed by atoms with E-state index in [0.717, 1.165) is 35.1 Å². The third-order valence-electron chi connectivity index (χ3n) is 6.75. The fourth-order valence-electron chi connectivity index (χ4n) is 4.75. The lowest BCUT2D eigenvalue weighted by Gasteiger charge is -2.38. The van der Waals surface area contributed by atoms with Crippen LogP contribution in [-0.2, 0) is 5.54 Å². The van der Waals surface area contributed by atoms with Gasteiger partial charge >= 0.3 is 0 Å². The van der Waals surface area contributed by atoms with Crippen molar-refractivity contribution in [1.29, 1.82) is 0 Å². The zero-order valence-electron chi connectivity index (χ0n) is 17.7. The van der Waals surface area contributed by atoms with E-state index in [9.17, 15) is 5.11 Å². The zero-order chi connectivity index (χ0) is 21.7. The summed E-state index contributed by atoms with van der Waals surface area (Å²) < 4.78 is 17.9. The fraction of sp³-hybridized carbons (Fsp3) is 0.259. The molecule has 0 spiro atoms. The first-order valence-corrected chi connectivity index (χ1v) is 11.1. The third kappa shape index (κ3) is 3.08. The van der Waals surface area contributed by atoms with E-state index >= 15 is 0 Å². The van der Waals surface area contributed by atoms with Crippen LogP contribution in [0.1, 0.15) is 47.6 Å². The van der Waals surface area contributed by atoms with Gasteiger partial charge in [-0.3, -0.25) is 0 Å². The van der Waals surface area contributed by atoms with Crippen LogP contribution in [0.3, 0.4) is 0 Å². The van der Waals surface area contributed by atoms with Gasteiger partial charge in [0.2, 0.25) is 0 Å². The molecule has 5 nitrogen and oxygen atoms in total. The van der Waals surface area contributed by atoms with Gasteiger partial charge in [-0.05, 0) is 36.5 Å². The van der Waals surface area contributed by atoms with Crippen LogP contribution < -0.4 is 19.9 Å². The minimum Gasteiger partial charge on any atom is -0.486 e. The first-order valence-electron chi connectivity index (χ1n) is 11.1. The lowest BCUT2D eigenvalue weighted by Crippen LogP contribution is -2.43. The second kappa shape index (κ2) is 7.40. The molecule has 2 aliphatic heterocycles. The highest BCUT2D eigenvalue weighted by molar-refractivity contribution is 5.93. The zero-order valence-corrected chi connectivity index (χ0v) is 17.7. The molecule has 1 aliphatic carbocycles. The van der Waals surface area contributed by atoms with Gasteiger partial charge in [-0.15, -0.1) is 0 Å². The van der Waals surface area contributed by atoms with Crippen molar-refractivity contribution < 1.29 is 19.3 Å². The lowest BCUT2D eigenvalue weighted by atomic mass is 9.72. The Kier molecular flexibility index (Phi) is 4.49. The van der Waals surface area contributed by atoms with Crippen LogP contribution in [0.4, 0.5) is 0 Å². The second-order valence-electron chi connectivity index (χ2n) is 8.73. The summed E-state index contributed by atoms with van der Waals surface area (Å²) in [5, 5.41) is 11.5. The van der Waals surface area contributed by atoms with Gasteiger partial charge in [0, 0.05) is 28.3 Å². The van der Waals surface area contributed by atoms with Gasteiger partial charge in [-0.25, -0.2) is 0 Å². The van der Waals surface area contributed by atoms with Crippen LogP contribution >= 0.6 is 0 Å². The van der Waals surface area contributed by atoms with Crippen LogP contribution in [0.5, 0.6) is 17.2 Å². The first kappa shape index (κ1) is 19.4. The smallest absolute Gasteiger partial charge is 0.165 e. The first-order chi connectivity index (χ1) is 15.6. The van der Waals surface area contributed by atoms with E-state index < -0.39 is 6.10 Å². The van der Waals surface area contributed by atoms with Crippen LogP contribution in [0, 0.1) is 0 Å². The van der Waals surface area contributed by atoms with E-state index in [1.165, 1.54) is 6.42 Å². The number of aliphatic hydroxyl groups excluding tert-OH is 1. The van der Waals surface area contributed by atoms with Gasteiger partial charge < -0.3 is 25.1 Å². The topological polar surface area (TPSA) is 73.9 Å². The van der Waals surface area contributed by atoms with Crippen molar-refractivity contribution in [2.45, 2.75) is 30.9 Å². The van der Waals surface area contributed by atoms with Crippen molar-refractivity contribution >= 4 is 11.3 Å². The van der Waals surface area contributed by atoms with Crippen molar-refractivity contribution in [3.8, 4) is 17.2 Å². The van der Waals surface area contributed by atoms with Crippen molar-refractivity contribution in [2.24, 2.45) is 5.73 Å². The van der Waals surface area contributed by atoms with E-state index in [0.29, 0.717) is 41.8 Å². The maximum atomic E-state index is 11.5.